The number of carbonyl (C=O) groups is 2. The quantitative estimate of drug-likeness (QED) is 0.351. The highest BCUT2D eigenvalue weighted by atomic mass is 19.4. The van der Waals surface area contributed by atoms with Crippen LogP contribution in [0.1, 0.15) is 42.9 Å². The van der Waals surface area contributed by atoms with E-state index in [4.69, 9.17) is 5.73 Å². The Kier molecular flexibility index (Phi) is 7.48. The van der Waals surface area contributed by atoms with E-state index in [9.17, 15) is 43.2 Å². The third kappa shape index (κ3) is 4.88. The Morgan fingerprint density at radius 1 is 1.21 bits per heavy atom. The van der Waals surface area contributed by atoms with Gasteiger partial charge in [0.2, 0.25) is 0 Å². The summed E-state index contributed by atoms with van der Waals surface area (Å²) in [5.74, 6) is -4.97. The number of allylic oxidation sites excluding steroid dienone is 1. The normalized spacial score (nSPS) is 30.2. The number of hydrogen-bond acceptors (Lipinski definition) is 8. The van der Waals surface area contributed by atoms with E-state index in [0.29, 0.717) is 25.1 Å². The van der Waals surface area contributed by atoms with Crippen LogP contribution in [0.3, 0.4) is 0 Å². The van der Waals surface area contributed by atoms with Gasteiger partial charge in [0.1, 0.15) is 22.9 Å². The lowest BCUT2D eigenvalue weighted by atomic mass is 9.55. The maximum Gasteiger partial charge on any atom is 0.390 e. The van der Waals surface area contributed by atoms with Gasteiger partial charge < -0.3 is 26.2 Å². The fourth-order valence-corrected chi connectivity index (χ4v) is 7.63. The molecule has 3 aliphatic carbocycles. The summed E-state index contributed by atoms with van der Waals surface area (Å²) >= 11 is 0. The minimum absolute atomic E-state index is 0.0511. The van der Waals surface area contributed by atoms with Crippen LogP contribution >= 0.6 is 0 Å². The van der Waals surface area contributed by atoms with E-state index in [2.05, 4.69) is 0 Å². The number of nitrogens with two attached hydrogens (primary N) is 1. The van der Waals surface area contributed by atoms with E-state index < -0.39 is 65.0 Å². The first-order chi connectivity index (χ1) is 19.5. The van der Waals surface area contributed by atoms with Gasteiger partial charge in [-0.1, -0.05) is 12.1 Å². The predicted octanol–water partition coefficient (Wildman–Crippen LogP) is 3.07. The first-order valence-corrected chi connectivity index (χ1v) is 14.0. The molecule has 1 amide bonds. The van der Waals surface area contributed by atoms with Crippen molar-refractivity contribution < 1.29 is 43.2 Å². The zero-order valence-electron chi connectivity index (χ0n) is 23.7. The highest BCUT2D eigenvalue weighted by molar-refractivity contribution is 6.08. The average Bonchev–Trinajstić information content (AvgIpc) is 2.86. The number of rotatable bonds is 5. The van der Waals surface area contributed by atoms with E-state index in [1.165, 1.54) is 13.0 Å². The molecule has 1 aromatic carbocycles. The lowest BCUT2D eigenvalue weighted by Gasteiger charge is -2.52. The van der Waals surface area contributed by atoms with Crippen molar-refractivity contribution in [3.8, 4) is 5.75 Å². The minimum atomic E-state index is -4.23. The van der Waals surface area contributed by atoms with Crippen molar-refractivity contribution in [3.63, 3.8) is 0 Å². The van der Waals surface area contributed by atoms with Gasteiger partial charge in [-0.05, 0) is 74.9 Å². The number of halogens is 3. The fraction of sp³-hybridized carbons (Fsp3) is 0.533. The van der Waals surface area contributed by atoms with Gasteiger partial charge >= 0.3 is 6.18 Å². The molecule has 1 aromatic rings. The van der Waals surface area contributed by atoms with Crippen molar-refractivity contribution in [2.24, 2.45) is 23.5 Å². The number of nitrogens with zero attached hydrogens (tertiary/aromatic N) is 2. The lowest BCUT2D eigenvalue weighted by molar-refractivity contribution is -0.140. The monoisotopic (exact) mass is 591 g/mol. The molecule has 0 saturated heterocycles. The van der Waals surface area contributed by atoms with Crippen molar-refractivity contribution in [2.45, 2.75) is 50.4 Å². The summed E-state index contributed by atoms with van der Waals surface area (Å²) in [7, 11) is 3.37. The number of likely N-dealkylation sites (N-methyl/N-ethyl adjacent to an activating group) is 1. The number of aliphatic hydroxyl groups is 3. The van der Waals surface area contributed by atoms with Gasteiger partial charge in [0.15, 0.2) is 5.78 Å². The van der Waals surface area contributed by atoms with Crippen LogP contribution in [0.2, 0.25) is 0 Å². The molecular weight excluding hydrogens is 555 g/mol. The number of primary amides is 1. The van der Waals surface area contributed by atoms with E-state index in [1.54, 1.807) is 30.0 Å². The van der Waals surface area contributed by atoms with Crippen LogP contribution in [-0.4, -0.2) is 93.5 Å². The van der Waals surface area contributed by atoms with E-state index in [-0.39, 0.29) is 42.0 Å². The number of aromatic hydroxyl groups is 1. The van der Waals surface area contributed by atoms with Gasteiger partial charge in [-0.15, -0.1) is 0 Å². The van der Waals surface area contributed by atoms with Crippen molar-refractivity contribution in [1.82, 2.24) is 9.80 Å². The van der Waals surface area contributed by atoms with Crippen molar-refractivity contribution in [2.75, 3.05) is 33.7 Å². The van der Waals surface area contributed by atoms with Crippen LogP contribution in [0.4, 0.5) is 13.2 Å². The Hall–Kier alpha value is -3.35. The summed E-state index contributed by atoms with van der Waals surface area (Å²) in [6.07, 6.45) is -2.23. The molecular formula is C30H36F3N3O6. The molecule has 42 heavy (non-hydrogen) atoms. The molecule has 5 rings (SSSR count). The van der Waals surface area contributed by atoms with Crippen LogP contribution in [0.25, 0.3) is 11.3 Å². The number of ketones is 1. The lowest BCUT2D eigenvalue weighted by Crippen LogP contribution is -2.61. The summed E-state index contributed by atoms with van der Waals surface area (Å²) in [4.78, 5) is 29.8. The third-order valence-electron chi connectivity index (χ3n) is 9.38. The number of phenols is 1. The number of phenolic OH excluding ortho intramolecular Hbond substituents is 1. The molecule has 4 aliphatic rings. The Morgan fingerprint density at radius 2 is 1.90 bits per heavy atom. The summed E-state index contributed by atoms with van der Waals surface area (Å²) in [6.45, 7) is 1.91. The van der Waals surface area contributed by atoms with Crippen LogP contribution in [0.5, 0.6) is 5.75 Å². The molecule has 0 aromatic heterocycles. The molecule has 0 spiro atoms. The second-order valence-electron chi connectivity index (χ2n) is 12.2. The number of fused-ring (bicyclic) bond motifs is 3. The van der Waals surface area contributed by atoms with Crippen LogP contribution in [0, 0.1) is 17.8 Å². The Balaban J connectivity index is 1.55. The van der Waals surface area contributed by atoms with E-state index in [0.717, 1.165) is 11.1 Å². The smallest absolute Gasteiger partial charge is 0.390 e. The first-order valence-electron chi connectivity index (χ1n) is 14.0. The highest BCUT2D eigenvalue weighted by Gasteiger charge is 2.60. The second kappa shape index (κ2) is 10.4. The second-order valence-corrected chi connectivity index (χ2v) is 12.2. The maximum absolute atomic E-state index is 14.1. The Labute approximate surface area is 241 Å². The predicted molar refractivity (Wildman–Crippen MR) is 148 cm³/mol. The number of alkyl halides is 3. The van der Waals surface area contributed by atoms with Gasteiger partial charge in [-0.25, -0.2) is 0 Å². The molecule has 1 aliphatic heterocycles. The SMILES string of the molecule is CN(C)[C@@H]1C(O)=C(C(N)=O)C(C)(O)C2C(=O)C3=C(O)c4c(O)ccc(C5=CCN(CCC(F)(F)F)CC5)c4CC3CC21. The van der Waals surface area contributed by atoms with Crippen molar-refractivity contribution in [3.05, 3.63) is 51.8 Å². The zero-order chi connectivity index (χ0) is 30.9. The van der Waals surface area contributed by atoms with E-state index >= 15 is 0 Å². The van der Waals surface area contributed by atoms with Gasteiger partial charge in [0, 0.05) is 25.2 Å². The molecule has 9 nitrogen and oxygen atoms in total. The third-order valence-corrected chi connectivity index (χ3v) is 9.38. The van der Waals surface area contributed by atoms with Gasteiger partial charge in [0.25, 0.3) is 5.91 Å². The molecule has 12 heteroatoms. The molecule has 1 fully saturated rings. The summed E-state index contributed by atoms with van der Waals surface area (Å²) in [5.41, 5.74) is 5.41. The average molecular weight is 592 g/mol. The van der Waals surface area contributed by atoms with Gasteiger partial charge in [-0.3, -0.25) is 19.4 Å². The minimum Gasteiger partial charge on any atom is -0.510 e. The number of Topliss-reactive ketones (excluding diaryl/α,β-unsaturated/α-hetero) is 1. The number of amides is 1. The van der Waals surface area contributed by atoms with Gasteiger partial charge in [-0.2, -0.15) is 13.2 Å². The van der Waals surface area contributed by atoms with Crippen molar-refractivity contribution in [1.29, 1.82) is 0 Å². The molecule has 1 heterocycles. The Morgan fingerprint density at radius 3 is 2.48 bits per heavy atom. The number of carbonyl (C=O) groups excluding carboxylic acids is 2. The van der Waals surface area contributed by atoms with E-state index in [1.807, 2.05) is 6.08 Å². The topological polar surface area (TPSA) is 148 Å². The number of hydrogen-bond donors (Lipinski definition) is 5. The summed E-state index contributed by atoms with van der Waals surface area (Å²) in [6, 6.07) is 2.35. The first kappa shape index (κ1) is 30.1. The number of aliphatic hydroxyl groups excluding tert-OH is 2. The molecule has 5 atom stereocenters. The number of benzene rings is 1. The fourth-order valence-electron chi connectivity index (χ4n) is 7.63. The molecule has 228 valence electrons. The highest BCUT2D eigenvalue weighted by Crippen LogP contribution is 2.54. The standard InChI is InChI=1S/C30H36F3N3O6/c1-29(42)22-18(24(35(2)3)27(40)23(29)28(34)41)13-15-12-17-16(4-5-19(37)21(17)25(38)20(15)26(22)39)14-6-9-36(10-7-14)11-8-30(31,32)33/h4-6,15,18,22,24,37-38,40,42H,7-13H2,1-3H3,(H2,34,41)/t15?,18?,22?,24-,29?/m0/s1. The molecule has 1 saturated carbocycles. The van der Waals surface area contributed by atoms with Crippen LogP contribution < -0.4 is 5.73 Å². The molecule has 0 radical (unpaired) electrons. The molecule has 0 bridgehead atoms. The van der Waals surface area contributed by atoms with Crippen LogP contribution in [0.15, 0.2) is 35.1 Å². The van der Waals surface area contributed by atoms with Crippen molar-refractivity contribution >= 4 is 23.0 Å². The molecule has 4 unspecified atom stereocenters. The maximum atomic E-state index is 14.1. The van der Waals surface area contributed by atoms with Gasteiger partial charge in [0.05, 0.1) is 29.5 Å². The Bertz CT molecular complexity index is 1430. The summed E-state index contributed by atoms with van der Waals surface area (Å²) < 4.78 is 38.1. The summed E-state index contributed by atoms with van der Waals surface area (Å²) in [5, 5.41) is 44.9. The largest absolute Gasteiger partial charge is 0.510 e. The zero-order valence-corrected chi connectivity index (χ0v) is 23.7. The van der Waals surface area contributed by atoms with Crippen LogP contribution in [-0.2, 0) is 16.0 Å². The molecule has 6 N–H and O–H groups in total.